The maximum absolute atomic E-state index is 10.4. The van der Waals surface area contributed by atoms with E-state index in [4.69, 9.17) is 0 Å². The quantitative estimate of drug-likeness (QED) is 0.912. The van der Waals surface area contributed by atoms with Crippen molar-refractivity contribution in [1.29, 1.82) is 0 Å². The minimum atomic E-state index is -0.815. The summed E-state index contributed by atoms with van der Waals surface area (Å²) in [4.78, 5) is 2.23. The van der Waals surface area contributed by atoms with Gasteiger partial charge in [-0.05, 0) is 17.2 Å². The Labute approximate surface area is 131 Å². The molecule has 3 heteroatoms. The molecule has 1 aliphatic rings. The highest BCUT2D eigenvalue weighted by atomic mass is 16.3. The largest absolute Gasteiger partial charge is 0.394 e. The lowest BCUT2D eigenvalue weighted by Crippen LogP contribution is -2.39. The van der Waals surface area contributed by atoms with Gasteiger partial charge in [0.2, 0.25) is 0 Å². The van der Waals surface area contributed by atoms with Gasteiger partial charge in [0.1, 0.15) is 6.10 Å². The number of para-hydroxylation sites is 1. The molecule has 2 aromatic rings. The first-order valence-electron chi connectivity index (χ1n) is 7.74. The second kappa shape index (κ2) is 5.75. The Kier molecular flexibility index (Phi) is 3.94. The molecule has 1 aliphatic heterocycles. The van der Waals surface area contributed by atoms with Crippen LogP contribution in [0.25, 0.3) is 0 Å². The fourth-order valence-electron chi connectivity index (χ4n) is 3.50. The highest BCUT2D eigenvalue weighted by Crippen LogP contribution is 2.44. The van der Waals surface area contributed by atoms with E-state index in [0.717, 1.165) is 17.8 Å². The van der Waals surface area contributed by atoms with Crippen LogP contribution in [0.1, 0.15) is 31.0 Å². The molecule has 0 fully saturated rings. The number of fused-ring (bicyclic) bond motifs is 1. The topological polar surface area (TPSA) is 43.7 Å². The van der Waals surface area contributed by atoms with E-state index in [1.165, 1.54) is 5.56 Å². The number of hydrogen-bond donors (Lipinski definition) is 2. The Hall–Kier alpha value is -1.84. The van der Waals surface area contributed by atoms with Crippen molar-refractivity contribution in [2.75, 3.05) is 18.1 Å². The third-order valence-corrected chi connectivity index (χ3v) is 4.54. The van der Waals surface area contributed by atoms with E-state index in [1.54, 1.807) is 0 Å². The fourth-order valence-corrected chi connectivity index (χ4v) is 3.50. The molecule has 116 valence electrons. The van der Waals surface area contributed by atoms with E-state index in [-0.39, 0.29) is 18.1 Å². The van der Waals surface area contributed by atoms with E-state index in [0.29, 0.717) is 0 Å². The summed E-state index contributed by atoms with van der Waals surface area (Å²) in [5.74, 6) is 0. The molecular formula is C19H23NO2. The standard InChI is InChI=1S/C19H23NO2/c1-19(2)13-20(16-11-7-6-10-15(16)19)18(17(22)12-21)14-8-4-3-5-9-14/h3-11,17-18,21-22H,12-13H2,1-2H3/t17-,18+/m1/s1. The fraction of sp³-hybridized carbons (Fsp3) is 0.368. The van der Waals surface area contributed by atoms with Gasteiger partial charge in [-0.25, -0.2) is 0 Å². The van der Waals surface area contributed by atoms with Crippen molar-refractivity contribution in [2.45, 2.75) is 31.4 Å². The predicted octanol–water partition coefficient (Wildman–Crippen LogP) is 2.88. The Morgan fingerprint density at radius 1 is 1.05 bits per heavy atom. The summed E-state index contributed by atoms with van der Waals surface area (Å²) in [6.45, 7) is 5.01. The van der Waals surface area contributed by atoms with Crippen molar-refractivity contribution in [3.63, 3.8) is 0 Å². The second-order valence-corrected chi connectivity index (χ2v) is 6.63. The molecular weight excluding hydrogens is 274 g/mol. The maximum atomic E-state index is 10.4. The summed E-state index contributed by atoms with van der Waals surface area (Å²) in [5.41, 5.74) is 3.49. The molecule has 0 spiro atoms. The van der Waals surface area contributed by atoms with Gasteiger partial charge in [-0.1, -0.05) is 62.4 Å². The van der Waals surface area contributed by atoms with E-state index in [1.807, 2.05) is 36.4 Å². The van der Waals surface area contributed by atoms with Gasteiger partial charge in [0.25, 0.3) is 0 Å². The number of aliphatic hydroxyl groups excluding tert-OH is 2. The normalized spacial score (nSPS) is 18.8. The number of aliphatic hydroxyl groups is 2. The average Bonchev–Trinajstić information content (AvgIpc) is 2.80. The first-order valence-corrected chi connectivity index (χ1v) is 7.74. The summed E-state index contributed by atoms with van der Waals surface area (Å²) < 4.78 is 0. The van der Waals surface area contributed by atoms with Crippen molar-refractivity contribution in [3.05, 3.63) is 65.7 Å². The lowest BCUT2D eigenvalue weighted by atomic mass is 9.87. The molecule has 2 atom stereocenters. The maximum Gasteiger partial charge on any atom is 0.101 e. The van der Waals surface area contributed by atoms with E-state index in [9.17, 15) is 10.2 Å². The van der Waals surface area contributed by atoms with Gasteiger partial charge in [0.05, 0.1) is 12.6 Å². The van der Waals surface area contributed by atoms with Crippen molar-refractivity contribution in [2.24, 2.45) is 0 Å². The predicted molar refractivity (Wildman–Crippen MR) is 89.1 cm³/mol. The minimum Gasteiger partial charge on any atom is -0.394 e. The molecule has 0 radical (unpaired) electrons. The summed E-state index contributed by atoms with van der Waals surface area (Å²) in [6, 6.07) is 18.0. The minimum absolute atomic E-state index is 0.0266. The van der Waals surface area contributed by atoms with Gasteiger partial charge in [0.15, 0.2) is 0 Å². The SMILES string of the molecule is CC1(C)CN([C@@H](c2ccccc2)[C@H](O)CO)c2ccccc21. The zero-order valence-corrected chi connectivity index (χ0v) is 13.1. The van der Waals surface area contributed by atoms with Crippen LogP contribution in [-0.2, 0) is 5.41 Å². The summed E-state index contributed by atoms with van der Waals surface area (Å²) >= 11 is 0. The zero-order valence-electron chi connectivity index (χ0n) is 13.1. The second-order valence-electron chi connectivity index (χ2n) is 6.63. The number of nitrogens with zero attached hydrogens (tertiary/aromatic N) is 1. The molecule has 22 heavy (non-hydrogen) atoms. The molecule has 2 aromatic carbocycles. The van der Waals surface area contributed by atoms with Gasteiger partial charge in [-0.3, -0.25) is 0 Å². The average molecular weight is 297 g/mol. The lowest BCUT2D eigenvalue weighted by molar-refractivity contribution is 0.0710. The van der Waals surface area contributed by atoms with Crippen molar-refractivity contribution in [3.8, 4) is 0 Å². The van der Waals surface area contributed by atoms with Crippen LogP contribution >= 0.6 is 0 Å². The van der Waals surface area contributed by atoms with Crippen molar-refractivity contribution < 1.29 is 10.2 Å². The Balaban J connectivity index is 2.07. The van der Waals surface area contributed by atoms with Crippen LogP contribution in [0, 0.1) is 0 Å². The molecule has 1 heterocycles. The number of anilines is 1. The Morgan fingerprint density at radius 2 is 1.68 bits per heavy atom. The van der Waals surface area contributed by atoms with Crippen LogP contribution in [0.4, 0.5) is 5.69 Å². The van der Waals surface area contributed by atoms with E-state index < -0.39 is 6.10 Å². The molecule has 0 aromatic heterocycles. The van der Waals surface area contributed by atoms with Gasteiger partial charge < -0.3 is 15.1 Å². The number of rotatable bonds is 4. The molecule has 0 saturated carbocycles. The number of hydrogen-bond acceptors (Lipinski definition) is 3. The lowest BCUT2D eigenvalue weighted by Gasteiger charge is -2.34. The van der Waals surface area contributed by atoms with Crippen LogP contribution in [-0.4, -0.2) is 29.5 Å². The first-order chi connectivity index (χ1) is 10.5. The van der Waals surface area contributed by atoms with Gasteiger partial charge in [-0.15, -0.1) is 0 Å². The molecule has 3 nitrogen and oxygen atoms in total. The van der Waals surface area contributed by atoms with Crippen LogP contribution in [0.3, 0.4) is 0 Å². The molecule has 0 bridgehead atoms. The smallest absolute Gasteiger partial charge is 0.101 e. The summed E-state index contributed by atoms with van der Waals surface area (Å²) in [7, 11) is 0. The van der Waals surface area contributed by atoms with Gasteiger partial charge >= 0.3 is 0 Å². The molecule has 0 unspecified atom stereocenters. The molecule has 0 amide bonds. The highest BCUT2D eigenvalue weighted by molar-refractivity contribution is 5.63. The molecule has 3 rings (SSSR count). The first kappa shape index (κ1) is 15.1. The summed E-state index contributed by atoms with van der Waals surface area (Å²) in [5, 5.41) is 20.0. The molecule has 0 aliphatic carbocycles. The van der Waals surface area contributed by atoms with E-state index >= 15 is 0 Å². The van der Waals surface area contributed by atoms with Crippen LogP contribution in [0.2, 0.25) is 0 Å². The summed E-state index contributed by atoms with van der Waals surface area (Å²) in [6.07, 6.45) is -0.815. The highest BCUT2D eigenvalue weighted by Gasteiger charge is 2.40. The van der Waals surface area contributed by atoms with Crippen LogP contribution in [0.5, 0.6) is 0 Å². The Morgan fingerprint density at radius 3 is 2.36 bits per heavy atom. The third kappa shape index (κ3) is 2.51. The van der Waals surface area contributed by atoms with Crippen molar-refractivity contribution in [1.82, 2.24) is 0 Å². The van der Waals surface area contributed by atoms with Gasteiger partial charge in [0, 0.05) is 17.6 Å². The third-order valence-electron chi connectivity index (χ3n) is 4.54. The molecule has 2 N–H and O–H groups in total. The van der Waals surface area contributed by atoms with Crippen LogP contribution < -0.4 is 4.90 Å². The zero-order chi connectivity index (χ0) is 15.7. The molecule has 0 saturated heterocycles. The Bertz CT molecular complexity index is 639. The monoisotopic (exact) mass is 297 g/mol. The number of benzene rings is 2. The van der Waals surface area contributed by atoms with Crippen LogP contribution in [0.15, 0.2) is 54.6 Å². The van der Waals surface area contributed by atoms with Crippen molar-refractivity contribution >= 4 is 5.69 Å². The van der Waals surface area contributed by atoms with E-state index in [2.05, 4.69) is 36.9 Å². The van der Waals surface area contributed by atoms with Gasteiger partial charge in [-0.2, -0.15) is 0 Å².